The van der Waals surface area contributed by atoms with Gasteiger partial charge >= 0.3 is 0 Å². The molecule has 0 radical (unpaired) electrons. The summed E-state index contributed by atoms with van der Waals surface area (Å²) in [5.41, 5.74) is 3.01. The Bertz CT molecular complexity index is 703. The molecule has 0 bridgehead atoms. The van der Waals surface area contributed by atoms with Crippen molar-refractivity contribution in [2.75, 3.05) is 0 Å². The van der Waals surface area contributed by atoms with E-state index < -0.39 is 11.7 Å². The van der Waals surface area contributed by atoms with Gasteiger partial charge in [0.05, 0.1) is 10.7 Å². The van der Waals surface area contributed by atoms with Gasteiger partial charge in [-0.1, -0.05) is 15.9 Å². The Labute approximate surface area is 136 Å². The molecule has 4 nitrogen and oxygen atoms in total. The Kier molecular flexibility index (Phi) is 5.08. The maximum absolute atomic E-state index is 12.7. The van der Waals surface area contributed by atoms with Gasteiger partial charge in [-0.2, -0.15) is 5.10 Å². The number of carbonyl (C=O) groups excluding carboxylic acids is 1. The van der Waals surface area contributed by atoms with Crippen LogP contribution in [-0.4, -0.2) is 17.2 Å². The van der Waals surface area contributed by atoms with Gasteiger partial charge in [0.15, 0.2) is 0 Å². The molecule has 0 aromatic heterocycles. The molecule has 2 aromatic rings. The van der Waals surface area contributed by atoms with Gasteiger partial charge in [-0.15, -0.1) is 0 Å². The van der Waals surface area contributed by atoms with Crippen molar-refractivity contribution >= 4 is 44.0 Å². The predicted molar refractivity (Wildman–Crippen MR) is 85.0 cm³/mol. The van der Waals surface area contributed by atoms with Crippen molar-refractivity contribution in [1.29, 1.82) is 0 Å². The molecule has 21 heavy (non-hydrogen) atoms. The summed E-state index contributed by atoms with van der Waals surface area (Å²) >= 11 is 6.48. The highest BCUT2D eigenvalue weighted by atomic mass is 79.9. The van der Waals surface area contributed by atoms with E-state index in [0.717, 1.165) is 4.47 Å². The van der Waals surface area contributed by atoms with Crippen LogP contribution in [0.5, 0.6) is 5.75 Å². The lowest BCUT2D eigenvalue weighted by Gasteiger charge is -2.03. The molecule has 0 unspecified atom stereocenters. The van der Waals surface area contributed by atoms with Crippen LogP contribution in [0.15, 0.2) is 50.4 Å². The lowest BCUT2D eigenvalue weighted by molar-refractivity contribution is 0.0955. The minimum absolute atomic E-state index is 0.0120. The second kappa shape index (κ2) is 6.82. The van der Waals surface area contributed by atoms with Crippen LogP contribution in [0.25, 0.3) is 0 Å². The number of hydrazone groups is 1. The number of hydrogen-bond acceptors (Lipinski definition) is 3. The summed E-state index contributed by atoms with van der Waals surface area (Å²) in [6, 6.07) is 8.42. The number of benzene rings is 2. The van der Waals surface area contributed by atoms with Gasteiger partial charge in [0.25, 0.3) is 5.91 Å². The fourth-order valence-electron chi connectivity index (χ4n) is 1.51. The van der Waals surface area contributed by atoms with Crippen molar-refractivity contribution in [3.8, 4) is 5.75 Å². The number of rotatable bonds is 3. The minimum Gasteiger partial charge on any atom is -0.506 e. The van der Waals surface area contributed by atoms with Gasteiger partial charge in [0.2, 0.25) is 0 Å². The first kappa shape index (κ1) is 15.7. The molecular weight excluding hydrogens is 407 g/mol. The van der Waals surface area contributed by atoms with Crippen LogP contribution in [0, 0.1) is 5.82 Å². The SMILES string of the molecule is O=C(N/N=C\c1cc(Br)cc(Br)c1O)c1ccc(F)cc1. The van der Waals surface area contributed by atoms with Gasteiger partial charge in [-0.3, -0.25) is 4.79 Å². The number of nitrogens with one attached hydrogen (secondary N) is 1. The number of hydrogen-bond donors (Lipinski definition) is 2. The molecular formula is C14H9Br2FN2O2. The first-order valence-corrected chi connectivity index (χ1v) is 7.33. The van der Waals surface area contributed by atoms with Gasteiger partial charge < -0.3 is 5.11 Å². The van der Waals surface area contributed by atoms with Crippen LogP contribution in [0.2, 0.25) is 0 Å². The third-order valence-corrected chi connectivity index (χ3v) is 3.60. The zero-order chi connectivity index (χ0) is 15.4. The van der Waals surface area contributed by atoms with E-state index in [4.69, 9.17) is 0 Å². The van der Waals surface area contributed by atoms with Gasteiger partial charge in [-0.05, 0) is 52.3 Å². The quantitative estimate of drug-likeness (QED) is 0.591. The summed E-state index contributed by atoms with van der Waals surface area (Å²) in [7, 11) is 0. The Morgan fingerprint density at radius 2 is 1.90 bits per heavy atom. The molecule has 0 aliphatic carbocycles. The fraction of sp³-hybridized carbons (Fsp3) is 0. The normalized spacial score (nSPS) is 10.8. The Morgan fingerprint density at radius 3 is 2.57 bits per heavy atom. The molecule has 0 atom stereocenters. The minimum atomic E-state index is -0.472. The van der Waals surface area contributed by atoms with Crippen molar-refractivity contribution in [3.63, 3.8) is 0 Å². The maximum Gasteiger partial charge on any atom is 0.271 e. The predicted octanol–water partition coefficient (Wildman–Crippen LogP) is 3.82. The van der Waals surface area contributed by atoms with Crippen LogP contribution in [0.3, 0.4) is 0 Å². The van der Waals surface area contributed by atoms with Crippen molar-refractivity contribution < 1.29 is 14.3 Å². The highest BCUT2D eigenvalue weighted by Gasteiger charge is 2.06. The molecule has 0 aliphatic rings. The van der Waals surface area contributed by atoms with E-state index in [0.29, 0.717) is 10.0 Å². The van der Waals surface area contributed by atoms with E-state index in [1.807, 2.05) is 0 Å². The molecule has 0 fully saturated rings. The topological polar surface area (TPSA) is 61.7 Å². The number of phenolic OH excluding ortho intramolecular Hbond substituents is 1. The second-order valence-corrected chi connectivity index (χ2v) is 5.80. The largest absolute Gasteiger partial charge is 0.506 e. The van der Waals surface area contributed by atoms with Gasteiger partial charge in [0, 0.05) is 15.6 Å². The van der Waals surface area contributed by atoms with Crippen molar-refractivity contribution in [1.82, 2.24) is 5.43 Å². The first-order chi connectivity index (χ1) is 9.97. The first-order valence-electron chi connectivity index (χ1n) is 5.74. The summed E-state index contributed by atoms with van der Waals surface area (Å²) < 4.78 is 14.0. The molecule has 0 heterocycles. The molecule has 0 saturated carbocycles. The molecule has 2 rings (SSSR count). The molecule has 2 N–H and O–H groups in total. The Hall–Kier alpha value is -1.73. The van der Waals surface area contributed by atoms with E-state index in [1.165, 1.54) is 30.5 Å². The van der Waals surface area contributed by atoms with Crippen molar-refractivity contribution in [2.45, 2.75) is 0 Å². The zero-order valence-corrected chi connectivity index (χ0v) is 13.7. The molecule has 0 spiro atoms. The molecule has 7 heteroatoms. The highest BCUT2D eigenvalue weighted by Crippen LogP contribution is 2.30. The lowest BCUT2D eigenvalue weighted by atomic mass is 10.2. The number of aromatic hydroxyl groups is 1. The van der Waals surface area contributed by atoms with Gasteiger partial charge in [-0.25, -0.2) is 9.82 Å². The summed E-state index contributed by atoms with van der Waals surface area (Å²) in [6.07, 6.45) is 1.31. The third kappa shape index (κ3) is 4.12. The van der Waals surface area contributed by atoms with E-state index in [9.17, 15) is 14.3 Å². The summed E-state index contributed by atoms with van der Waals surface area (Å²) in [5.74, 6) is -0.878. The molecule has 2 aromatic carbocycles. The second-order valence-electron chi connectivity index (χ2n) is 4.03. The van der Waals surface area contributed by atoms with Crippen LogP contribution in [0.1, 0.15) is 15.9 Å². The molecule has 0 saturated heterocycles. The molecule has 108 valence electrons. The molecule has 0 aliphatic heterocycles. The van der Waals surface area contributed by atoms with E-state index in [1.54, 1.807) is 12.1 Å². The fourth-order valence-corrected chi connectivity index (χ4v) is 2.77. The third-order valence-electron chi connectivity index (χ3n) is 2.53. The average Bonchev–Trinajstić information content (AvgIpc) is 2.44. The average molecular weight is 416 g/mol. The summed E-state index contributed by atoms with van der Waals surface area (Å²) in [4.78, 5) is 11.7. The van der Waals surface area contributed by atoms with Crippen LogP contribution in [-0.2, 0) is 0 Å². The van der Waals surface area contributed by atoms with Crippen molar-refractivity contribution in [2.24, 2.45) is 5.10 Å². The smallest absolute Gasteiger partial charge is 0.271 e. The van der Waals surface area contributed by atoms with Crippen molar-refractivity contribution in [3.05, 3.63) is 62.3 Å². The summed E-state index contributed by atoms with van der Waals surface area (Å²) in [6.45, 7) is 0. The molecule has 1 amide bonds. The maximum atomic E-state index is 12.7. The zero-order valence-electron chi connectivity index (χ0n) is 10.5. The van der Waals surface area contributed by atoms with E-state index >= 15 is 0 Å². The monoisotopic (exact) mass is 414 g/mol. The van der Waals surface area contributed by atoms with Crippen LogP contribution >= 0.6 is 31.9 Å². The Morgan fingerprint density at radius 1 is 1.24 bits per heavy atom. The highest BCUT2D eigenvalue weighted by molar-refractivity contribution is 9.11. The number of amides is 1. The lowest BCUT2D eigenvalue weighted by Crippen LogP contribution is -2.17. The number of phenols is 1. The van der Waals surface area contributed by atoms with E-state index in [-0.39, 0.29) is 11.3 Å². The van der Waals surface area contributed by atoms with Crippen LogP contribution < -0.4 is 5.43 Å². The number of nitrogens with zero attached hydrogens (tertiary/aromatic N) is 1. The summed E-state index contributed by atoms with van der Waals surface area (Å²) in [5, 5.41) is 13.6. The standard InChI is InChI=1S/C14H9Br2FN2O2/c15-10-5-9(13(20)12(16)6-10)7-18-19-14(21)8-1-3-11(17)4-2-8/h1-7,20H,(H,19,21)/b18-7-. The van der Waals surface area contributed by atoms with E-state index in [2.05, 4.69) is 42.4 Å². The number of halogens is 3. The Balaban J connectivity index is 2.09. The number of carbonyl (C=O) groups is 1. The van der Waals surface area contributed by atoms with Gasteiger partial charge in [0.1, 0.15) is 11.6 Å². The van der Waals surface area contributed by atoms with Crippen LogP contribution in [0.4, 0.5) is 4.39 Å².